The number of hydrogen-bond acceptors (Lipinski definition) is 4. The van der Waals surface area contributed by atoms with Crippen molar-refractivity contribution in [1.29, 1.82) is 0 Å². The van der Waals surface area contributed by atoms with Gasteiger partial charge >= 0.3 is 0 Å². The summed E-state index contributed by atoms with van der Waals surface area (Å²) in [6.45, 7) is 1.09. The Balaban J connectivity index is 1.94. The fourth-order valence-electron chi connectivity index (χ4n) is 2.01. The Morgan fingerprint density at radius 3 is 3.12 bits per heavy atom. The Labute approximate surface area is 107 Å². The van der Waals surface area contributed by atoms with Crippen molar-refractivity contribution in [3.63, 3.8) is 0 Å². The minimum absolute atomic E-state index is 0.0281. The second kappa shape index (κ2) is 4.19. The minimum Gasteiger partial charge on any atom is -0.380 e. The smallest absolute Gasteiger partial charge is 0.258 e. The zero-order valence-corrected chi connectivity index (χ0v) is 10.6. The monoisotopic (exact) mass is 295 g/mol. The molecular formula is C11H10BrN3O2. The first-order valence-corrected chi connectivity index (χ1v) is 6.14. The van der Waals surface area contributed by atoms with E-state index in [0.717, 1.165) is 16.6 Å². The van der Waals surface area contributed by atoms with Crippen molar-refractivity contribution in [1.82, 2.24) is 4.98 Å². The summed E-state index contributed by atoms with van der Waals surface area (Å²) >= 11 is 3.33. The molecule has 1 aromatic heterocycles. The van der Waals surface area contributed by atoms with E-state index in [2.05, 4.69) is 26.0 Å². The van der Waals surface area contributed by atoms with E-state index in [4.69, 9.17) is 4.74 Å². The first-order chi connectivity index (χ1) is 8.25. The van der Waals surface area contributed by atoms with Crippen molar-refractivity contribution in [3.05, 3.63) is 22.9 Å². The van der Waals surface area contributed by atoms with Crippen molar-refractivity contribution in [2.24, 2.45) is 11.0 Å². The number of pyridine rings is 1. The Morgan fingerprint density at radius 2 is 2.35 bits per heavy atom. The van der Waals surface area contributed by atoms with Crippen molar-refractivity contribution in [3.8, 4) is 0 Å². The van der Waals surface area contributed by atoms with E-state index in [0.29, 0.717) is 18.9 Å². The SMILES string of the molecule is O=C1C2COCCC2=NN1c1cncc(Br)c1. The van der Waals surface area contributed by atoms with Gasteiger partial charge in [0.15, 0.2) is 0 Å². The van der Waals surface area contributed by atoms with Crippen LogP contribution in [-0.4, -0.2) is 29.8 Å². The summed E-state index contributed by atoms with van der Waals surface area (Å²) < 4.78 is 6.14. The van der Waals surface area contributed by atoms with Crippen molar-refractivity contribution >= 4 is 33.2 Å². The van der Waals surface area contributed by atoms with Crippen molar-refractivity contribution < 1.29 is 9.53 Å². The number of anilines is 1. The lowest BCUT2D eigenvalue weighted by atomic mass is 10.0. The summed E-state index contributed by atoms with van der Waals surface area (Å²) in [7, 11) is 0. The summed E-state index contributed by atoms with van der Waals surface area (Å²) in [6.07, 6.45) is 4.03. The third-order valence-electron chi connectivity index (χ3n) is 2.86. The maximum absolute atomic E-state index is 12.1. The van der Waals surface area contributed by atoms with E-state index in [-0.39, 0.29) is 11.8 Å². The minimum atomic E-state index is -0.206. The fourth-order valence-corrected chi connectivity index (χ4v) is 2.36. The molecule has 0 bridgehead atoms. The standard InChI is InChI=1S/C11H10BrN3O2/c12-7-3-8(5-13-4-7)15-11(16)9-6-17-2-1-10(9)14-15/h3-5,9H,1-2,6H2. The molecule has 88 valence electrons. The van der Waals surface area contributed by atoms with E-state index < -0.39 is 0 Å². The molecule has 0 aliphatic carbocycles. The topological polar surface area (TPSA) is 54.8 Å². The normalized spacial score (nSPS) is 23.6. The van der Waals surface area contributed by atoms with E-state index in [1.807, 2.05) is 6.07 Å². The first kappa shape index (κ1) is 10.9. The van der Waals surface area contributed by atoms with Gasteiger partial charge < -0.3 is 4.74 Å². The molecule has 5 nitrogen and oxygen atoms in total. The number of hydrazone groups is 1. The maximum Gasteiger partial charge on any atom is 0.258 e. The number of rotatable bonds is 1. The van der Waals surface area contributed by atoms with Crippen molar-refractivity contribution in [2.45, 2.75) is 6.42 Å². The summed E-state index contributed by atoms with van der Waals surface area (Å²) in [5, 5.41) is 5.79. The summed E-state index contributed by atoms with van der Waals surface area (Å²) in [5.74, 6) is -0.234. The molecule has 0 N–H and O–H groups in total. The lowest BCUT2D eigenvalue weighted by Gasteiger charge is -2.17. The van der Waals surface area contributed by atoms with Crippen LogP contribution in [0, 0.1) is 5.92 Å². The van der Waals surface area contributed by atoms with E-state index in [1.54, 1.807) is 12.4 Å². The molecule has 17 heavy (non-hydrogen) atoms. The number of carbonyl (C=O) groups is 1. The van der Waals surface area contributed by atoms with Gasteiger partial charge in [-0.1, -0.05) is 0 Å². The van der Waals surface area contributed by atoms with Gasteiger partial charge in [-0.3, -0.25) is 9.78 Å². The number of halogens is 1. The average molecular weight is 296 g/mol. The van der Waals surface area contributed by atoms with Crippen LogP contribution in [0.4, 0.5) is 5.69 Å². The molecule has 0 saturated carbocycles. The van der Waals surface area contributed by atoms with Crippen LogP contribution in [0.3, 0.4) is 0 Å². The molecule has 2 aliphatic rings. The molecule has 1 fully saturated rings. The number of amides is 1. The van der Waals surface area contributed by atoms with E-state index in [9.17, 15) is 4.79 Å². The van der Waals surface area contributed by atoms with Crippen LogP contribution in [0.25, 0.3) is 0 Å². The van der Waals surface area contributed by atoms with Gasteiger partial charge in [-0.15, -0.1) is 0 Å². The van der Waals surface area contributed by atoms with Crippen molar-refractivity contribution in [2.75, 3.05) is 18.2 Å². The molecule has 6 heteroatoms. The summed E-state index contributed by atoms with van der Waals surface area (Å²) in [5.41, 5.74) is 1.60. The molecule has 0 aromatic carbocycles. The lowest BCUT2D eigenvalue weighted by Crippen LogP contribution is -2.33. The molecule has 3 heterocycles. The third-order valence-corrected chi connectivity index (χ3v) is 3.29. The molecule has 0 radical (unpaired) electrons. The second-order valence-electron chi connectivity index (χ2n) is 3.98. The number of aromatic nitrogens is 1. The zero-order valence-electron chi connectivity index (χ0n) is 8.97. The predicted octanol–water partition coefficient (Wildman–Crippen LogP) is 1.58. The lowest BCUT2D eigenvalue weighted by molar-refractivity contribution is -0.121. The van der Waals surface area contributed by atoms with Crippen LogP contribution in [0.2, 0.25) is 0 Å². The zero-order chi connectivity index (χ0) is 11.8. The highest BCUT2D eigenvalue weighted by Crippen LogP contribution is 2.28. The van der Waals surface area contributed by atoms with E-state index in [1.165, 1.54) is 5.01 Å². The van der Waals surface area contributed by atoms with Gasteiger partial charge in [-0.2, -0.15) is 10.1 Å². The Kier molecular flexibility index (Phi) is 2.68. The first-order valence-electron chi connectivity index (χ1n) is 5.35. The van der Waals surface area contributed by atoms with Gasteiger partial charge in [0.25, 0.3) is 5.91 Å². The molecular weight excluding hydrogens is 286 g/mol. The summed E-state index contributed by atoms with van der Waals surface area (Å²) in [6, 6.07) is 1.83. The molecule has 1 saturated heterocycles. The number of nitrogens with zero attached hydrogens (tertiary/aromatic N) is 3. The van der Waals surface area contributed by atoms with Crippen LogP contribution >= 0.6 is 15.9 Å². The van der Waals surface area contributed by atoms with E-state index >= 15 is 0 Å². The van der Waals surface area contributed by atoms with Crippen LogP contribution in [0.15, 0.2) is 28.0 Å². The van der Waals surface area contributed by atoms with Gasteiger partial charge in [-0.25, -0.2) is 0 Å². The maximum atomic E-state index is 12.1. The highest BCUT2D eigenvalue weighted by molar-refractivity contribution is 9.10. The number of fused-ring (bicyclic) bond motifs is 1. The highest BCUT2D eigenvalue weighted by atomic mass is 79.9. The second-order valence-corrected chi connectivity index (χ2v) is 4.90. The highest BCUT2D eigenvalue weighted by Gasteiger charge is 2.38. The van der Waals surface area contributed by atoms with Crippen LogP contribution < -0.4 is 5.01 Å². The molecule has 1 amide bonds. The fraction of sp³-hybridized carbons (Fsp3) is 0.364. The quantitative estimate of drug-likeness (QED) is 0.790. The number of carbonyl (C=O) groups excluding carboxylic acids is 1. The molecule has 0 spiro atoms. The molecule has 1 unspecified atom stereocenters. The third kappa shape index (κ3) is 1.87. The average Bonchev–Trinajstić information content (AvgIpc) is 2.68. The molecule has 1 aromatic rings. The van der Waals surface area contributed by atoms with Gasteiger partial charge in [0.05, 0.1) is 30.8 Å². The van der Waals surface area contributed by atoms with Crippen LogP contribution in [0.5, 0.6) is 0 Å². The number of hydrogen-bond donors (Lipinski definition) is 0. The van der Waals surface area contributed by atoms with Crippen LogP contribution in [0.1, 0.15) is 6.42 Å². The van der Waals surface area contributed by atoms with Crippen LogP contribution in [-0.2, 0) is 9.53 Å². The Bertz CT molecular complexity index is 503. The van der Waals surface area contributed by atoms with Gasteiger partial charge in [-0.05, 0) is 22.0 Å². The van der Waals surface area contributed by atoms with Gasteiger partial charge in [0, 0.05) is 17.1 Å². The largest absolute Gasteiger partial charge is 0.380 e. The molecule has 1 atom stereocenters. The predicted molar refractivity (Wildman–Crippen MR) is 65.8 cm³/mol. The molecule has 2 aliphatic heterocycles. The molecule has 3 rings (SSSR count). The van der Waals surface area contributed by atoms with Gasteiger partial charge in [0.1, 0.15) is 5.92 Å². The Hall–Kier alpha value is -1.27. The summed E-state index contributed by atoms with van der Waals surface area (Å²) in [4.78, 5) is 16.2. The Morgan fingerprint density at radius 1 is 1.47 bits per heavy atom. The number of ether oxygens (including phenoxy) is 1. The van der Waals surface area contributed by atoms with Gasteiger partial charge in [0.2, 0.25) is 0 Å².